The Labute approximate surface area is 175 Å². The molecule has 0 atom stereocenters. The summed E-state index contributed by atoms with van der Waals surface area (Å²) in [6.45, 7) is 4.76. The maximum absolute atomic E-state index is 12.9. The van der Waals surface area contributed by atoms with Gasteiger partial charge in [-0.25, -0.2) is 0 Å². The average Bonchev–Trinajstić information content (AvgIpc) is 2.73. The Morgan fingerprint density at radius 1 is 1.03 bits per heavy atom. The fraction of sp³-hybridized carbons (Fsp3) is 0.409. The molecule has 0 unspecified atom stereocenters. The molecular weight excluding hydrogens is 395 g/mol. The Kier molecular flexibility index (Phi) is 7.00. The van der Waals surface area contributed by atoms with Crippen LogP contribution in [-0.4, -0.2) is 36.2 Å². The molecule has 3 nitrogen and oxygen atoms in total. The van der Waals surface area contributed by atoms with Gasteiger partial charge in [0.05, 0.1) is 5.56 Å². The van der Waals surface area contributed by atoms with Crippen LogP contribution in [0, 0.1) is 0 Å². The maximum atomic E-state index is 12.9. The van der Waals surface area contributed by atoms with Gasteiger partial charge in [-0.15, -0.1) is 0 Å². The van der Waals surface area contributed by atoms with E-state index in [-0.39, 0.29) is 0 Å². The molecule has 1 saturated heterocycles. The first kappa shape index (κ1) is 21.4. The van der Waals surface area contributed by atoms with E-state index in [0.717, 1.165) is 18.2 Å². The number of piperazine rings is 1. The highest BCUT2D eigenvalue weighted by Gasteiger charge is 2.31. The second-order valence-electron chi connectivity index (χ2n) is 7.25. The lowest BCUT2D eigenvalue weighted by Crippen LogP contribution is -2.50. The molecule has 156 valence electrons. The molecule has 2 aromatic rings. The largest absolute Gasteiger partial charge is 0.416 e. The molecule has 1 aliphatic rings. The van der Waals surface area contributed by atoms with Crippen LogP contribution in [0.25, 0.3) is 0 Å². The summed E-state index contributed by atoms with van der Waals surface area (Å²) >= 11 is 5.53. The van der Waals surface area contributed by atoms with Crippen molar-refractivity contribution in [2.75, 3.05) is 36.4 Å². The molecule has 1 heterocycles. The Morgan fingerprint density at radius 3 is 2.34 bits per heavy atom. The molecule has 1 aliphatic heterocycles. The molecule has 1 fully saturated rings. The van der Waals surface area contributed by atoms with Crippen LogP contribution in [0.1, 0.15) is 30.9 Å². The summed E-state index contributed by atoms with van der Waals surface area (Å²) in [4.78, 5) is 4.03. The van der Waals surface area contributed by atoms with Crippen molar-refractivity contribution in [3.05, 3.63) is 59.7 Å². The highest BCUT2D eigenvalue weighted by atomic mass is 32.1. The van der Waals surface area contributed by atoms with E-state index in [0.29, 0.717) is 37.0 Å². The number of halogens is 3. The second kappa shape index (κ2) is 9.48. The van der Waals surface area contributed by atoms with Gasteiger partial charge in [0.2, 0.25) is 0 Å². The molecular formula is C22H26F3N3S. The van der Waals surface area contributed by atoms with Gasteiger partial charge in [-0.3, -0.25) is 0 Å². The third-order valence-electron chi connectivity index (χ3n) is 5.13. The first-order valence-electron chi connectivity index (χ1n) is 9.94. The number of nitrogens with zero attached hydrogens (tertiary/aromatic N) is 2. The van der Waals surface area contributed by atoms with Crippen molar-refractivity contribution in [3.8, 4) is 0 Å². The minimum Gasteiger partial charge on any atom is -0.368 e. The normalized spacial score (nSPS) is 14.8. The smallest absolute Gasteiger partial charge is 0.368 e. The van der Waals surface area contributed by atoms with E-state index in [1.807, 2.05) is 17.0 Å². The summed E-state index contributed by atoms with van der Waals surface area (Å²) in [7, 11) is 0. The van der Waals surface area contributed by atoms with Crippen molar-refractivity contribution in [1.29, 1.82) is 0 Å². The zero-order chi connectivity index (χ0) is 20.9. The van der Waals surface area contributed by atoms with Crippen LogP contribution in [-0.2, 0) is 12.6 Å². The quantitative estimate of drug-likeness (QED) is 0.636. The summed E-state index contributed by atoms with van der Waals surface area (Å²) < 4.78 is 38.8. The molecule has 0 aliphatic carbocycles. The molecule has 29 heavy (non-hydrogen) atoms. The SMILES string of the molecule is CCCCc1ccc(NC(=S)N2CCN(c3cccc(C(F)(F)F)c3)CC2)cc1. The van der Waals surface area contributed by atoms with Gasteiger partial charge in [0.1, 0.15) is 0 Å². The van der Waals surface area contributed by atoms with Crippen molar-refractivity contribution in [2.45, 2.75) is 32.4 Å². The number of hydrogen-bond donors (Lipinski definition) is 1. The Morgan fingerprint density at radius 2 is 1.72 bits per heavy atom. The monoisotopic (exact) mass is 421 g/mol. The first-order valence-corrected chi connectivity index (χ1v) is 10.3. The van der Waals surface area contributed by atoms with Crippen LogP contribution in [0.2, 0.25) is 0 Å². The first-order chi connectivity index (χ1) is 13.9. The number of hydrogen-bond acceptors (Lipinski definition) is 2. The van der Waals surface area contributed by atoms with Crippen LogP contribution in [0.4, 0.5) is 24.5 Å². The van der Waals surface area contributed by atoms with Crippen LogP contribution < -0.4 is 10.2 Å². The molecule has 2 aromatic carbocycles. The molecule has 7 heteroatoms. The summed E-state index contributed by atoms with van der Waals surface area (Å²) in [5, 5.41) is 3.92. The van der Waals surface area contributed by atoms with Gasteiger partial charge >= 0.3 is 6.18 Å². The zero-order valence-corrected chi connectivity index (χ0v) is 17.3. The standard InChI is InChI=1S/C22H26F3N3S/c1-2-3-5-17-8-10-19(11-9-17)26-21(29)28-14-12-27(13-15-28)20-7-4-6-18(16-20)22(23,24)25/h4,6-11,16H,2-3,5,12-15H2,1H3,(H,26,29). The Bertz CT molecular complexity index is 813. The van der Waals surface area contributed by atoms with Crippen molar-refractivity contribution >= 4 is 28.7 Å². The molecule has 0 radical (unpaired) electrons. The Hall–Kier alpha value is -2.28. The van der Waals surface area contributed by atoms with E-state index in [1.165, 1.54) is 30.5 Å². The van der Waals surface area contributed by atoms with E-state index in [1.54, 1.807) is 6.07 Å². The molecule has 0 saturated carbocycles. The summed E-state index contributed by atoms with van der Waals surface area (Å²) in [5.74, 6) is 0. The fourth-order valence-corrected chi connectivity index (χ4v) is 3.69. The van der Waals surface area contributed by atoms with Crippen molar-refractivity contribution < 1.29 is 13.2 Å². The maximum Gasteiger partial charge on any atom is 0.416 e. The third-order valence-corrected chi connectivity index (χ3v) is 5.49. The lowest BCUT2D eigenvalue weighted by Gasteiger charge is -2.37. The van der Waals surface area contributed by atoms with Crippen LogP contribution in [0.3, 0.4) is 0 Å². The highest BCUT2D eigenvalue weighted by Crippen LogP contribution is 2.31. The number of thiocarbonyl (C=S) groups is 1. The number of rotatable bonds is 5. The molecule has 1 N–H and O–H groups in total. The van der Waals surface area contributed by atoms with Crippen LogP contribution in [0.5, 0.6) is 0 Å². The summed E-state index contributed by atoms with van der Waals surface area (Å²) in [5.41, 5.74) is 2.26. The van der Waals surface area contributed by atoms with Gasteiger partial charge in [-0.05, 0) is 61.0 Å². The average molecular weight is 422 g/mol. The summed E-state index contributed by atoms with van der Waals surface area (Å²) in [6, 6.07) is 13.8. The van der Waals surface area contributed by atoms with E-state index < -0.39 is 11.7 Å². The van der Waals surface area contributed by atoms with E-state index in [2.05, 4.69) is 29.3 Å². The second-order valence-corrected chi connectivity index (χ2v) is 7.64. The minimum absolute atomic E-state index is 0.598. The number of benzene rings is 2. The van der Waals surface area contributed by atoms with Gasteiger partial charge in [-0.1, -0.05) is 31.5 Å². The third kappa shape index (κ3) is 5.85. The summed E-state index contributed by atoms with van der Waals surface area (Å²) in [6.07, 6.45) is -0.883. The van der Waals surface area contributed by atoms with Gasteiger partial charge in [0, 0.05) is 37.6 Å². The Balaban J connectivity index is 1.53. The van der Waals surface area contributed by atoms with Gasteiger partial charge in [0.25, 0.3) is 0 Å². The van der Waals surface area contributed by atoms with Gasteiger partial charge < -0.3 is 15.1 Å². The van der Waals surface area contributed by atoms with Crippen molar-refractivity contribution in [2.24, 2.45) is 0 Å². The van der Waals surface area contributed by atoms with E-state index >= 15 is 0 Å². The molecule has 3 rings (SSSR count). The predicted octanol–water partition coefficient (Wildman–Crippen LogP) is 5.57. The lowest BCUT2D eigenvalue weighted by molar-refractivity contribution is -0.137. The van der Waals surface area contributed by atoms with Crippen LogP contribution >= 0.6 is 12.2 Å². The van der Waals surface area contributed by atoms with Crippen molar-refractivity contribution in [1.82, 2.24) is 4.90 Å². The topological polar surface area (TPSA) is 18.5 Å². The lowest BCUT2D eigenvalue weighted by atomic mass is 10.1. The van der Waals surface area contributed by atoms with E-state index in [4.69, 9.17) is 12.2 Å². The van der Waals surface area contributed by atoms with E-state index in [9.17, 15) is 13.2 Å². The molecule has 0 aromatic heterocycles. The van der Waals surface area contributed by atoms with Gasteiger partial charge in [0.15, 0.2) is 5.11 Å². The molecule has 0 bridgehead atoms. The molecule has 0 spiro atoms. The highest BCUT2D eigenvalue weighted by molar-refractivity contribution is 7.80. The number of aryl methyl sites for hydroxylation is 1. The van der Waals surface area contributed by atoms with Gasteiger partial charge in [-0.2, -0.15) is 13.2 Å². The van der Waals surface area contributed by atoms with Crippen molar-refractivity contribution in [3.63, 3.8) is 0 Å². The molecule has 0 amide bonds. The van der Waals surface area contributed by atoms with Crippen LogP contribution in [0.15, 0.2) is 48.5 Å². The predicted molar refractivity (Wildman–Crippen MR) is 117 cm³/mol. The number of nitrogens with one attached hydrogen (secondary N) is 1. The number of unbranched alkanes of at least 4 members (excludes halogenated alkanes) is 1. The minimum atomic E-state index is -4.32. The fourth-order valence-electron chi connectivity index (χ4n) is 3.38. The number of alkyl halides is 3. The zero-order valence-electron chi connectivity index (χ0n) is 16.5. The number of anilines is 2.